The monoisotopic (exact) mass is 469 g/mol. The van der Waals surface area contributed by atoms with E-state index < -0.39 is 51.7 Å². The molecule has 164 valence electrons. The first-order valence-electron chi connectivity index (χ1n) is 8.74. The number of methoxy groups -OCH3 is 1. The normalized spacial score (nSPS) is 32.6. The first-order chi connectivity index (χ1) is 14.0. The summed E-state index contributed by atoms with van der Waals surface area (Å²) in [4.78, 5) is 26.0. The number of nitrogens with zero attached hydrogens (tertiary/aromatic N) is 1. The van der Waals surface area contributed by atoms with Gasteiger partial charge in [0.1, 0.15) is 12.2 Å². The zero-order valence-corrected chi connectivity index (χ0v) is 19.0. The molecule has 0 radical (unpaired) electrons. The van der Waals surface area contributed by atoms with Gasteiger partial charge >= 0.3 is 5.69 Å². The van der Waals surface area contributed by atoms with Gasteiger partial charge < -0.3 is 23.0 Å². The molecule has 2 heterocycles. The van der Waals surface area contributed by atoms with Crippen LogP contribution in [0.5, 0.6) is 0 Å². The lowest BCUT2D eigenvalue weighted by Gasteiger charge is -2.26. The second-order valence-corrected chi connectivity index (χ2v) is 11.6. The third-order valence-electron chi connectivity index (χ3n) is 4.92. The van der Waals surface area contributed by atoms with Crippen LogP contribution >= 0.6 is 27.3 Å². The highest BCUT2D eigenvalue weighted by Gasteiger charge is 2.59. The standard InChI is InChI=1S/C15H25N3O8P2S/c1-21-13-12(25-28(26-16)29-4)11(8-7-9(8)27(22-2)23-3)24-14(13)18-6-5-10(19)17-15(18)20/h5-6,8-9,11-14H,7,16H2,1-4H3,(H,17,19,20). The fourth-order valence-electron chi connectivity index (χ4n) is 3.58. The fraction of sp³-hybridized carbons (Fsp3) is 0.733. The van der Waals surface area contributed by atoms with Gasteiger partial charge in [-0.3, -0.25) is 14.3 Å². The summed E-state index contributed by atoms with van der Waals surface area (Å²) < 4.78 is 35.2. The number of nitrogens with two attached hydrogens (primary N) is 1. The summed E-state index contributed by atoms with van der Waals surface area (Å²) >= 11 is 1.34. The smallest absolute Gasteiger partial charge is 0.330 e. The van der Waals surface area contributed by atoms with Crippen LogP contribution in [0.4, 0.5) is 0 Å². The average Bonchev–Trinajstić information content (AvgIpc) is 3.41. The Morgan fingerprint density at radius 3 is 2.55 bits per heavy atom. The number of aromatic amines is 1. The number of rotatable bonds is 10. The molecule has 0 spiro atoms. The number of hydrogen-bond donors (Lipinski definition) is 2. The third-order valence-corrected chi connectivity index (χ3v) is 9.07. The zero-order chi connectivity index (χ0) is 21.1. The minimum Gasteiger partial charge on any atom is -0.374 e. The number of nitrogens with one attached hydrogen (secondary N) is 1. The molecule has 3 rings (SSSR count). The Balaban J connectivity index is 1.90. The number of H-pyrrole nitrogens is 1. The van der Waals surface area contributed by atoms with Crippen molar-refractivity contribution in [2.75, 3.05) is 27.6 Å². The van der Waals surface area contributed by atoms with Crippen molar-refractivity contribution in [3.63, 3.8) is 0 Å². The maximum Gasteiger partial charge on any atom is 0.330 e. The summed E-state index contributed by atoms with van der Waals surface area (Å²) in [6.45, 7) is 0. The molecule has 1 aromatic rings. The van der Waals surface area contributed by atoms with E-state index in [0.717, 1.165) is 6.42 Å². The van der Waals surface area contributed by atoms with Crippen LogP contribution in [-0.2, 0) is 27.7 Å². The van der Waals surface area contributed by atoms with Gasteiger partial charge in [0.25, 0.3) is 13.1 Å². The average molecular weight is 469 g/mol. The van der Waals surface area contributed by atoms with Crippen LogP contribution < -0.4 is 17.1 Å². The highest BCUT2D eigenvalue weighted by molar-refractivity contribution is 8.52. The van der Waals surface area contributed by atoms with Crippen LogP contribution in [0.1, 0.15) is 12.6 Å². The molecule has 1 aliphatic carbocycles. The van der Waals surface area contributed by atoms with E-state index in [1.54, 1.807) is 14.2 Å². The topological polar surface area (TPSA) is 136 Å². The summed E-state index contributed by atoms with van der Waals surface area (Å²) in [5.41, 5.74) is -0.897. The van der Waals surface area contributed by atoms with Gasteiger partial charge in [0.05, 0.1) is 6.10 Å². The van der Waals surface area contributed by atoms with E-state index in [-0.39, 0.29) is 11.6 Å². The number of hydrogen-bond acceptors (Lipinski definition) is 10. The molecule has 29 heavy (non-hydrogen) atoms. The van der Waals surface area contributed by atoms with Gasteiger partial charge in [-0.1, -0.05) is 11.4 Å². The predicted molar refractivity (Wildman–Crippen MR) is 109 cm³/mol. The zero-order valence-electron chi connectivity index (χ0n) is 16.4. The second-order valence-electron chi connectivity index (χ2n) is 6.41. The van der Waals surface area contributed by atoms with Crippen LogP contribution in [0.3, 0.4) is 0 Å². The van der Waals surface area contributed by atoms with Crippen molar-refractivity contribution in [1.29, 1.82) is 0 Å². The highest BCUT2D eigenvalue weighted by atomic mass is 32.7. The Morgan fingerprint density at radius 1 is 1.28 bits per heavy atom. The number of aromatic nitrogens is 2. The van der Waals surface area contributed by atoms with Crippen molar-refractivity contribution >= 4 is 27.3 Å². The molecule has 2 aliphatic rings. The van der Waals surface area contributed by atoms with Gasteiger partial charge in [0, 0.05) is 39.3 Å². The molecule has 7 unspecified atom stereocenters. The highest BCUT2D eigenvalue weighted by Crippen LogP contribution is 2.62. The van der Waals surface area contributed by atoms with Crippen molar-refractivity contribution in [1.82, 2.24) is 9.55 Å². The molecule has 1 aliphatic heterocycles. The Labute approximate surface area is 174 Å². The molecule has 0 amide bonds. The van der Waals surface area contributed by atoms with E-state index >= 15 is 0 Å². The van der Waals surface area contributed by atoms with Crippen molar-refractivity contribution in [2.45, 2.75) is 36.6 Å². The van der Waals surface area contributed by atoms with Crippen molar-refractivity contribution in [3.05, 3.63) is 33.1 Å². The maximum absolute atomic E-state index is 12.3. The van der Waals surface area contributed by atoms with E-state index in [0.29, 0.717) is 0 Å². The molecule has 1 aromatic heterocycles. The van der Waals surface area contributed by atoms with Crippen molar-refractivity contribution in [3.8, 4) is 0 Å². The molecule has 11 nitrogen and oxygen atoms in total. The number of ether oxygens (including phenoxy) is 2. The Bertz CT molecular complexity index is 789. The van der Waals surface area contributed by atoms with E-state index in [1.165, 1.54) is 35.3 Å². The fourth-order valence-corrected chi connectivity index (χ4v) is 6.65. The molecular weight excluding hydrogens is 444 g/mol. The maximum atomic E-state index is 12.3. The van der Waals surface area contributed by atoms with Crippen molar-refractivity contribution in [2.24, 2.45) is 11.8 Å². The first-order valence-corrected chi connectivity index (χ1v) is 13.0. The molecule has 0 bridgehead atoms. The van der Waals surface area contributed by atoms with Crippen LogP contribution in [0, 0.1) is 5.92 Å². The molecule has 1 saturated carbocycles. The molecule has 2 fully saturated rings. The van der Waals surface area contributed by atoms with Gasteiger partial charge in [-0.25, -0.2) is 15.3 Å². The largest absolute Gasteiger partial charge is 0.374 e. The van der Waals surface area contributed by atoms with Gasteiger partial charge in [-0.15, -0.1) is 0 Å². The Morgan fingerprint density at radius 2 is 2.00 bits per heavy atom. The van der Waals surface area contributed by atoms with Crippen LogP contribution in [0.25, 0.3) is 0 Å². The first kappa shape index (κ1) is 23.3. The second kappa shape index (κ2) is 10.3. The summed E-state index contributed by atoms with van der Waals surface area (Å²) in [6.07, 6.45) is 1.71. The third kappa shape index (κ3) is 4.93. The minimum atomic E-state index is -1.43. The van der Waals surface area contributed by atoms with Crippen molar-refractivity contribution < 1.29 is 27.7 Å². The van der Waals surface area contributed by atoms with Gasteiger partial charge in [-0.2, -0.15) is 0 Å². The SMILES string of the molecule is COC1C(OP(ON)SC)C(C2CC2P(OC)OC)OC1n1ccc(=O)[nH]c1=O. The molecule has 14 heteroatoms. The predicted octanol–water partition coefficient (Wildman–Crippen LogP) is 1.31. The quantitative estimate of drug-likeness (QED) is 0.381. The van der Waals surface area contributed by atoms with E-state index in [4.69, 9.17) is 33.6 Å². The summed E-state index contributed by atoms with van der Waals surface area (Å²) in [7, 11) is 2.27. The summed E-state index contributed by atoms with van der Waals surface area (Å²) in [5.74, 6) is 5.46. The Hall–Kier alpha value is -0.390. The molecule has 1 saturated heterocycles. The summed E-state index contributed by atoms with van der Waals surface area (Å²) in [5, 5.41) is 0. The van der Waals surface area contributed by atoms with Gasteiger partial charge in [-0.05, 0) is 18.6 Å². The van der Waals surface area contributed by atoms with Crippen LogP contribution in [0.2, 0.25) is 0 Å². The molecule has 7 atom stereocenters. The van der Waals surface area contributed by atoms with Gasteiger partial charge in [0.2, 0.25) is 0 Å². The molecular formula is C15H25N3O8P2S. The molecule has 3 N–H and O–H groups in total. The Kier molecular flexibility index (Phi) is 8.25. The summed E-state index contributed by atoms with van der Waals surface area (Å²) in [6, 6.07) is 1.26. The van der Waals surface area contributed by atoms with Gasteiger partial charge in [0.15, 0.2) is 14.6 Å². The van der Waals surface area contributed by atoms with E-state index in [9.17, 15) is 9.59 Å². The van der Waals surface area contributed by atoms with E-state index in [1.807, 2.05) is 6.26 Å². The minimum absolute atomic E-state index is 0.101. The van der Waals surface area contributed by atoms with E-state index in [2.05, 4.69) is 4.98 Å². The van der Waals surface area contributed by atoms with Crippen LogP contribution in [0.15, 0.2) is 21.9 Å². The lowest BCUT2D eigenvalue weighted by Crippen LogP contribution is -2.39. The lowest BCUT2D eigenvalue weighted by molar-refractivity contribution is -0.0570. The lowest BCUT2D eigenvalue weighted by atomic mass is 10.1. The van der Waals surface area contributed by atoms with Crippen LogP contribution in [-0.4, -0.2) is 61.1 Å². The molecule has 0 aromatic carbocycles.